The first-order valence-electron chi connectivity index (χ1n) is 14.9. The summed E-state index contributed by atoms with van der Waals surface area (Å²) in [4.78, 5) is 13.9. The van der Waals surface area contributed by atoms with Crippen LogP contribution in [0.4, 0.5) is 0 Å². The van der Waals surface area contributed by atoms with Gasteiger partial charge in [-0.3, -0.25) is 4.79 Å². The topological polar surface area (TPSA) is 37.3 Å². The van der Waals surface area contributed by atoms with E-state index in [0.29, 0.717) is 5.75 Å². The monoisotopic (exact) mass is 552 g/mol. The fourth-order valence-electron chi connectivity index (χ4n) is 5.40. The van der Waals surface area contributed by atoms with Crippen molar-refractivity contribution in [3.63, 3.8) is 0 Å². The zero-order valence-electron chi connectivity index (χ0n) is 28.1. The van der Waals surface area contributed by atoms with Gasteiger partial charge in [-0.15, -0.1) is 0 Å². The summed E-state index contributed by atoms with van der Waals surface area (Å²) in [6, 6.07) is 13.0. The molecular weight excluding hydrogens is 500 g/mol. The molecule has 0 unspecified atom stereocenters. The molecule has 0 saturated carbocycles. The van der Waals surface area contributed by atoms with Gasteiger partial charge in [-0.2, -0.15) is 0 Å². The zero-order valence-corrected chi connectivity index (χ0v) is 28.1. The number of carbonyl (C=O) groups is 1. The van der Waals surface area contributed by atoms with Gasteiger partial charge < -0.3 is 5.11 Å². The van der Waals surface area contributed by atoms with Gasteiger partial charge in [0.15, 0.2) is 5.78 Å². The molecule has 2 aromatic carbocycles. The van der Waals surface area contributed by atoms with Crippen molar-refractivity contribution in [2.24, 2.45) is 10.8 Å². The SMILES string of the molecule is C/C=C(/C)c1cccc(C(=C2C=C(C(C)(C)C)C(=O)C(C(C)(C)C)=C2)c2cc(C(C)(C)C)c(O)c(C(C)(C)C)c2)c1. The Labute approximate surface area is 250 Å². The molecule has 0 atom stereocenters. The maximum Gasteiger partial charge on any atom is 0.186 e. The quantitative estimate of drug-likeness (QED) is 0.411. The van der Waals surface area contributed by atoms with Crippen molar-refractivity contribution in [3.05, 3.63) is 99.2 Å². The molecular formula is C39H52O2. The molecule has 1 aliphatic carbocycles. The second kappa shape index (κ2) is 10.9. The fourth-order valence-corrected chi connectivity index (χ4v) is 5.40. The Bertz CT molecular complexity index is 1400. The van der Waals surface area contributed by atoms with E-state index in [1.165, 1.54) is 11.1 Å². The molecule has 1 aliphatic rings. The molecule has 2 aromatic rings. The van der Waals surface area contributed by atoms with Gasteiger partial charge in [-0.05, 0) is 99.3 Å². The number of hydrogen-bond donors (Lipinski definition) is 1. The molecule has 1 N–H and O–H groups in total. The van der Waals surface area contributed by atoms with Gasteiger partial charge >= 0.3 is 0 Å². The summed E-state index contributed by atoms with van der Waals surface area (Å²) in [5.74, 6) is 0.496. The van der Waals surface area contributed by atoms with Crippen LogP contribution in [-0.2, 0) is 15.6 Å². The summed E-state index contributed by atoms with van der Waals surface area (Å²) in [6.07, 6.45) is 6.36. The second-order valence-electron chi connectivity index (χ2n) is 15.7. The highest BCUT2D eigenvalue weighted by molar-refractivity contribution is 6.12. The van der Waals surface area contributed by atoms with Gasteiger partial charge in [0.05, 0.1) is 0 Å². The van der Waals surface area contributed by atoms with Crippen molar-refractivity contribution in [2.75, 3.05) is 0 Å². The molecule has 0 saturated heterocycles. The highest BCUT2D eigenvalue weighted by Gasteiger charge is 2.35. The number of aromatic hydroxyl groups is 1. The van der Waals surface area contributed by atoms with Crippen LogP contribution in [0.25, 0.3) is 11.1 Å². The van der Waals surface area contributed by atoms with Crippen LogP contribution in [0.3, 0.4) is 0 Å². The van der Waals surface area contributed by atoms with Gasteiger partial charge in [0, 0.05) is 22.3 Å². The summed E-state index contributed by atoms with van der Waals surface area (Å²) in [5.41, 5.74) is 8.95. The zero-order chi connectivity index (χ0) is 31.3. The molecule has 2 heteroatoms. The first kappa shape index (κ1) is 32.4. The van der Waals surface area contributed by atoms with E-state index in [1.807, 2.05) is 0 Å². The first-order chi connectivity index (χ1) is 18.6. The molecule has 3 rings (SSSR count). The van der Waals surface area contributed by atoms with E-state index in [4.69, 9.17) is 0 Å². The minimum absolute atomic E-state index is 0.128. The lowest BCUT2D eigenvalue weighted by Gasteiger charge is -2.32. The number of ketones is 1. The second-order valence-corrected chi connectivity index (χ2v) is 15.7. The van der Waals surface area contributed by atoms with Crippen LogP contribution in [0.1, 0.15) is 125 Å². The molecule has 0 bridgehead atoms. The Kier molecular flexibility index (Phi) is 8.64. The number of phenolic OH excluding ortho intramolecular Hbond substituents is 1. The van der Waals surface area contributed by atoms with E-state index < -0.39 is 0 Å². The number of carbonyl (C=O) groups excluding carboxylic acids is 1. The van der Waals surface area contributed by atoms with E-state index in [2.05, 4.69) is 152 Å². The maximum absolute atomic E-state index is 13.9. The van der Waals surface area contributed by atoms with Crippen molar-refractivity contribution in [3.8, 4) is 5.75 Å². The van der Waals surface area contributed by atoms with Crippen molar-refractivity contribution < 1.29 is 9.90 Å². The van der Waals surface area contributed by atoms with Crippen LogP contribution in [0, 0.1) is 10.8 Å². The molecule has 0 radical (unpaired) electrons. The number of phenols is 1. The Morgan fingerprint density at radius 2 is 1.10 bits per heavy atom. The average molecular weight is 553 g/mol. The minimum atomic E-state index is -0.316. The van der Waals surface area contributed by atoms with Crippen LogP contribution in [0.15, 0.2) is 71.3 Å². The third-order valence-corrected chi connectivity index (χ3v) is 8.05. The van der Waals surface area contributed by atoms with Gasteiger partial charge in [-0.25, -0.2) is 0 Å². The fraction of sp³-hybridized carbons (Fsp3) is 0.462. The predicted molar refractivity (Wildman–Crippen MR) is 177 cm³/mol. The molecule has 220 valence electrons. The van der Waals surface area contributed by atoms with Gasteiger partial charge in [0.1, 0.15) is 5.75 Å². The van der Waals surface area contributed by atoms with Gasteiger partial charge in [0.25, 0.3) is 0 Å². The van der Waals surface area contributed by atoms with E-state index in [0.717, 1.165) is 44.5 Å². The molecule has 0 amide bonds. The van der Waals surface area contributed by atoms with Crippen LogP contribution >= 0.6 is 0 Å². The van der Waals surface area contributed by atoms with E-state index in [1.54, 1.807) is 0 Å². The summed E-state index contributed by atoms with van der Waals surface area (Å²) in [5, 5.41) is 11.5. The highest BCUT2D eigenvalue weighted by Crippen LogP contribution is 2.45. The number of rotatable bonds is 3. The number of Topliss-reactive ketones (excluding diaryl/α,β-unsaturated/α-hetero) is 1. The Balaban J connectivity index is 2.63. The molecule has 0 spiro atoms. The van der Waals surface area contributed by atoms with Crippen molar-refractivity contribution in [1.29, 1.82) is 0 Å². The third-order valence-electron chi connectivity index (χ3n) is 8.05. The largest absolute Gasteiger partial charge is 0.507 e. The minimum Gasteiger partial charge on any atom is -0.507 e. The molecule has 0 aromatic heterocycles. The van der Waals surface area contributed by atoms with Crippen LogP contribution < -0.4 is 0 Å². The Morgan fingerprint density at radius 3 is 1.49 bits per heavy atom. The highest BCUT2D eigenvalue weighted by atomic mass is 16.3. The van der Waals surface area contributed by atoms with Gasteiger partial charge in [-0.1, -0.05) is 107 Å². The number of hydrogen-bond acceptors (Lipinski definition) is 2. The summed E-state index contributed by atoms with van der Waals surface area (Å²) < 4.78 is 0. The van der Waals surface area contributed by atoms with Crippen molar-refractivity contribution in [1.82, 2.24) is 0 Å². The average Bonchev–Trinajstić information content (AvgIpc) is 2.82. The summed E-state index contributed by atoms with van der Waals surface area (Å²) in [7, 11) is 0. The van der Waals surface area contributed by atoms with Crippen LogP contribution in [-0.4, -0.2) is 10.9 Å². The first-order valence-corrected chi connectivity index (χ1v) is 14.9. The predicted octanol–water partition coefficient (Wildman–Crippen LogP) is 10.7. The molecule has 41 heavy (non-hydrogen) atoms. The Morgan fingerprint density at radius 1 is 0.659 bits per heavy atom. The lowest BCUT2D eigenvalue weighted by atomic mass is 9.70. The van der Waals surface area contributed by atoms with Crippen molar-refractivity contribution >= 4 is 16.9 Å². The number of benzene rings is 2. The van der Waals surface area contributed by atoms with E-state index >= 15 is 0 Å². The third kappa shape index (κ3) is 6.85. The summed E-state index contributed by atoms with van der Waals surface area (Å²) in [6.45, 7) is 29.8. The normalized spacial score (nSPS) is 15.6. The van der Waals surface area contributed by atoms with Crippen LogP contribution in [0.2, 0.25) is 0 Å². The smallest absolute Gasteiger partial charge is 0.186 e. The molecule has 0 fully saturated rings. The lowest BCUT2D eigenvalue weighted by Crippen LogP contribution is -2.28. The van der Waals surface area contributed by atoms with Crippen molar-refractivity contribution in [2.45, 2.75) is 108 Å². The summed E-state index contributed by atoms with van der Waals surface area (Å²) >= 11 is 0. The Hall–Kier alpha value is -3.13. The molecule has 0 aliphatic heterocycles. The standard InChI is InChI=1S/C39H52O2/c1-15-24(2)25-17-16-18-26(19-25)33(27-20-29(36(3,4)5)34(40)30(21-27)37(6,7)8)28-22-31(38(9,10)11)35(41)32(23-28)39(12,13)14/h15-23,40H,1-14H3/b24-15-. The van der Waals surface area contributed by atoms with E-state index in [9.17, 15) is 9.90 Å². The molecule has 2 nitrogen and oxygen atoms in total. The van der Waals surface area contributed by atoms with E-state index in [-0.39, 0.29) is 27.4 Å². The number of allylic oxidation sites excluding steroid dienone is 7. The van der Waals surface area contributed by atoms with Crippen LogP contribution in [0.5, 0.6) is 5.75 Å². The lowest BCUT2D eigenvalue weighted by molar-refractivity contribution is -0.114. The maximum atomic E-state index is 13.9. The van der Waals surface area contributed by atoms with Gasteiger partial charge in [0.2, 0.25) is 0 Å². The molecule has 0 heterocycles.